The Kier molecular flexibility index (Phi) is 5.44. The summed E-state index contributed by atoms with van der Waals surface area (Å²) in [6.45, 7) is 9.27. The number of aromatic nitrogens is 1. The number of sulfonamides is 1. The van der Waals surface area contributed by atoms with Crippen LogP contribution in [0, 0.1) is 19.8 Å². The van der Waals surface area contributed by atoms with E-state index in [0.29, 0.717) is 30.9 Å². The zero-order valence-electron chi connectivity index (χ0n) is 17.7. The summed E-state index contributed by atoms with van der Waals surface area (Å²) in [5, 5.41) is 0. The van der Waals surface area contributed by atoms with Gasteiger partial charge in [-0.1, -0.05) is 13.0 Å². The minimum Gasteiger partial charge on any atom is -0.353 e. The molecule has 4 rings (SSSR count). The number of nitrogens with zero attached hydrogens (tertiary/aromatic N) is 4. The Balaban J connectivity index is 1.41. The van der Waals surface area contributed by atoms with Gasteiger partial charge >= 0.3 is 0 Å². The molecule has 7 nitrogen and oxygen atoms in total. The van der Waals surface area contributed by atoms with Gasteiger partial charge < -0.3 is 9.80 Å². The van der Waals surface area contributed by atoms with E-state index in [2.05, 4.69) is 22.9 Å². The lowest BCUT2D eigenvalue weighted by Crippen LogP contribution is -2.49. The van der Waals surface area contributed by atoms with Gasteiger partial charge in [-0.2, -0.15) is 0 Å². The fourth-order valence-electron chi connectivity index (χ4n) is 4.28. The molecule has 3 heterocycles. The second-order valence-electron chi connectivity index (χ2n) is 8.39. The maximum Gasteiger partial charge on any atom is 0.253 e. The molecule has 8 heteroatoms. The summed E-state index contributed by atoms with van der Waals surface area (Å²) >= 11 is 0. The molecule has 0 bridgehead atoms. The van der Waals surface area contributed by atoms with Crippen LogP contribution in [0.4, 0.5) is 11.5 Å². The van der Waals surface area contributed by atoms with Crippen molar-refractivity contribution in [2.45, 2.75) is 20.8 Å². The zero-order valence-corrected chi connectivity index (χ0v) is 18.5. The van der Waals surface area contributed by atoms with Gasteiger partial charge in [-0.25, -0.2) is 13.4 Å². The number of hydrogen-bond donors (Lipinski definition) is 0. The molecular weight excluding hydrogens is 400 g/mol. The van der Waals surface area contributed by atoms with Crippen LogP contribution in [0.5, 0.6) is 0 Å². The highest BCUT2D eigenvalue weighted by Crippen LogP contribution is 2.27. The summed E-state index contributed by atoms with van der Waals surface area (Å²) in [6, 6.07) is 9.06. The van der Waals surface area contributed by atoms with Gasteiger partial charge in [0.05, 0.1) is 11.4 Å². The maximum absolute atomic E-state index is 12.9. The molecule has 0 N–H and O–H groups in total. The molecule has 2 saturated heterocycles. The van der Waals surface area contributed by atoms with Crippen LogP contribution < -0.4 is 9.21 Å². The van der Waals surface area contributed by atoms with Gasteiger partial charge in [0, 0.05) is 44.5 Å². The first-order valence-corrected chi connectivity index (χ1v) is 11.9. The molecular formula is C22H28N4O3S. The second-order valence-corrected chi connectivity index (χ2v) is 10.3. The molecule has 2 aliphatic rings. The van der Waals surface area contributed by atoms with Crippen LogP contribution in [0.3, 0.4) is 0 Å². The Labute approximate surface area is 178 Å². The minimum absolute atomic E-state index is 0.0209. The van der Waals surface area contributed by atoms with Crippen molar-refractivity contribution in [1.82, 2.24) is 9.88 Å². The molecule has 1 unspecified atom stereocenters. The number of amides is 1. The van der Waals surface area contributed by atoms with E-state index in [0.717, 1.165) is 30.0 Å². The minimum atomic E-state index is -3.26. The van der Waals surface area contributed by atoms with Crippen molar-refractivity contribution in [2.24, 2.45) is 5.92 Å². The van der Waals surface area contributed by atoms with Gasteiger partial charge in [-0.05, 0) is 55.2 Å². The van der Waals surface area contributed by atoms with E-state index in [1.165, 1.54) is 4.31 Å². The quantitative estimate of drug-likeness (QED) is 0.751. The first-order valence-electron chi connectivity index (χ1n) is 10.3. The number of benzene rings is 1. The third-order valence-corrected chi connectivity index (χ3v) is 7.79. The van der Waals surface area contributed by atoms with Crippen LogP contribution in [0.15, 0.2) is 36.5 Å². The molecule has 160 valence electrons. The van der Waals surface area contributed by atoms with E-state index < -0.39 is 10.0 Å². The normalized spacial score (nSPS) is 21.2. The molecule has 2 aliphatic heterocycles. The van der Waals surface area contributed by atoms with Crippen molar-refractivity contribution in [3.8, 4) is 0 Å². The van der Waals surface area contributed by atoms with Gasteiger partial charge in [0.1, 0.15) is 5.82 Å². The first-order chi connectivity index (χ1) is 14.2. The van der Waals surface area contributed by atoms with Gasteiger partial charge in [-0.15, -0.1) is 0 Å². The zero-order chi connectivity index (χ0) is 21.5. The predicted molar refractivity (Wildman–Crippen MR) is 119 cm³/mol. The summed E-state index contributed by atoms with van der Waals surface area (Å²) in [7, 11) is -3.26. The predicted octanol–water partition coefficient (Wildman–Crippen LogP) is 2.45. The molecule has 0 saturated carbocycles. The standard InChI is InChI=1S/C22H28N4O3S/c1-16-12-18(3)21(23-13-16)24-8-10-25(11-9-24)22(27)19-4-6-20(7-5-19)26-14-17(2)15-30(26,28)29/h4-7,12-13,17H,8-11,14-15H2,1-3H3. The molecule has 1 atom stereocenters. The fourth-order valence-corrected chi connectivity index (χ4v) is 6.21. The van der Waals surface area contributed by atoms with Crippen LogP contribution in [-0.2, 0) is 10.0 Å². The third kappa shape index (κ3) is 4.01. The number of hydrogen-bond acceptors (Lipinski definition) is 5. The molecule has 0 radical (unpaired) electrons. The average molecular weight is 429 g/mol. The van der Waals surface area contributed by atoms with Gasteiger partial charge in [0.2, 0.25) is 10.0 Å². The lowest BCUT2D eigenvalue weighted by atomic mass is 10.1. The molecule has 1 aromatic carbocycles. The van der Waals surface area contributed by atoms with E-state index in [-0.39, 0.29) is 17.6 Å². The Bertz CT molecular complexity index is 1040. The van der Waals surface area contributed by atoms with Crippen molar-refractivity contribution in [2.75, 3.05) is 47.7 Å². The Hall–Kier alpha value is -2.61. The van der Waals surface area contributed by atoms with Crippen molar-refractivity contribution in [3.05, 3.63) is 53.2 Å². The van der Waals surface area contributed by atoms with E-state index in [9.17, 15) is 13.2 Å². The Morgan fingerprint density at radius 1 is 1.07 bits per heavy atom. The van der Waals surface area contributed by atoms with Crippen molar-refractivity contribution in [3.63, 3.8) is 0 Å². The Morgan fingerprint density at radius 3 is 2.30 bits per heavy atom. The summed E-state index contributed by atoms with van der Waals surface area (Å²) in [6.07, 6.45) is 1.88. The van der Waals surface area contributed by atoms with Crippen LogP contribution in [0.1, 0.15) is 28.4 Å². The summed E-state index contributed by atoms with van der Waals surface area (Å²) in [5.41, 5.74) is 3.50. The summed E-state index contributed by atoms with van der Waals surface area (Å²) in [4.78, 5) is 21.6. The van der Waals surface area contributed by atoms with E-state index in [1.807, 2.05) is 24.9 Å². The molecule has 1 amide bonds. The third-order valence-electron chi connectivity index (χ3n) is 5.76. The molecule has 2 aromatic rings. The second kappa shape index (κ2) is 7.91. The van der Waals surface area contributed by atoms with Crippen molar-refractivity contribution >= 4 is 27.4 Å². The summed E-state index contributed by atoms with van der Waals surface area (Å²) < 4.78 is 26.0. The Morgan fingerprint density at radius 2 is 1.73 bits per heavy atom. The first kappa shape index (κ1) is 20.7. The fraction of sp³-hybridized carbons (Fsp3) is 0.455. The maximum atomic E-state index is 12.9. The average Bonchev–Trinajstić information content (AvgIpc) is 3.00. The number of pyridine rings is 1. The van der Waals surface area contributed by atoms with E-state index in [4.69, 9.17) is 0 Å². The highest BCUT2D eigenvalue weighted by atomic mass is 32.2. The molecule has 0 aliphatic carbocycles. The number of aryl methyl sites for hydroxylation is 2. The smallest absolute Gasteiger partial charge is 0.253 e. The molecule has 1 aromatic heterocycles. The van der Waals surface area contributed by atoms with Crippen LogP contribution in [0.25, 0.3) is 0 Å². The molecule has 0 spiro atoms. The molecule has 2 fully saturated rings. The highest BCUT2D eigenvalue weighted by molar-refractivity contribution is 7.93. The van der Waals surface area contributed by atoms with Crippen LogP contribution in [-0.4, -0.2) is 62.7 Å². The number of piperazine rings is 1. The summed E-state index contributed by atoms with van der Waals surface area (Å²) in [5.74, 6) is 1.25. The number of rotatable bonds is 3. The van der Waals surface area contributed by atoms with Crippen LogP contribution >= 0.6 is 0 Å². The van der Waals surface area contributed by atoms with Crippen LogP contribution in [0.2, 0.25) is 0 Å². The van der Waals surface area contributed by atoms with E-state index >= 15 is 0 Å². The van der Waals surface area contributed by atoms with Crippen molar-refractivity contribution in [1.29, 1.82) is 0 Å². The highest BCUT2D eigenvalue weighted by Gasteiger charge is 2.33. The van der Waals surface area contributed by atoms with Crippen molar-refractivity contribution < 1.29 is 13.2 Å². The molecule has 30 heavy (non-hydrogen) atoms. The number of carbonyl (C=O) groups is 1. The van der Waals surface area contributed by atoms with Gasteiger partial charge in [-0.3, -0.25) is 9.10 Å². The SMILES string of the molecule is Cc1cnc(N2CCN(C(=O)c3ccc(N4CC(C)CS4(=O)=O)cc3)CC2)c(C)c1. The largest absolute Gasteiger partial charge is 0.353 e. The van der Waals surface area contributed by atoms with Gasteiger partial charge in [0.25, 0.3) is 5.91 Å². The topological polar surface area (TPSA) is 73.8 Å². The lowest BCUT2D eigenvalue weighted by molar-refractivity contribution is 0.0746. The van der Waals surface area contributed by atoms with Gasteiger partial charge in [0.15, 0.2) is 0 Å². The lowest BCUT2D eigenvalue weighted by Gasteiger charge is -2.36. The number of anilines is 2. The monoisotopic (exact) mass is 428 g/mol. The number of carbonyl (C=O) groups excluding carboxylic acids is 1. The van der Waals surface area contributed by atoms with E-state index in [1.54, 1.807) is 24.3 Å².